The largest absolute Gasteiger partial charge is 0.489 e. The molecule has 0 aliphatic carbocycles. The Morgan fingerprint density at radius 1 is 0.923 bits per heavy atom. The van der Waals surface area contributed by atoms with Crippen molar-refractivity contribution in [3.63, 3.8) is 0 Å². The molecule has 0 atom stereocenters. The Hall–Kier alpha value is -2.79. The summed E-state index contributed by atoms with van der Waals surface area (Å²) in [7, 11) is 0. The monoisotopic (exact) mass is 368 g/mol. The molecule has 0 radical (unpaired) electrons. The number of para-hydroxylation sites is 3. The van der Waals surface area contributed by atoms with Gasteiger partial charge in [-0.2, -0.15) is 4.98 Å². The normalized spacial score (nSPS) is 10.7. The number of hydrogen-bond acceptors (Lipinski definition) is 5. The zero-order valence-corrected chi connectivity index (χ0v) is 15.7. The van der Waals surface area contributed by atoms with Crippen LogP contribution in [0.3, 0.4) is 0 Å². The summed E-state index contributed by atoms with van der Waals surface area (Å²) in [6, 6.07) is 17.1. The average Bonchev–Trinajstić information content (AvgIpc) is 2.58. The summed E-state index contributed by atoms with van der Waals surface area (Å²) in [5.74, 6) is 1.93. The first-order valence-electron chi connectivity index (χ1n) is 8.41. The number of hydrogen-bond donors (Lipinski definition) is 2. The number of aromatic nitrogens is 2. The maximum absolute atomic E-state index is 6.20. The Balaban J connectivity index is 1.86. The summed E-state index contributed by atoms with van der Waals surface area (Å²) < 4.78 is 5.85. The molecule has 0 saturated heterocycles. The number of benzene rings is 2. The van der Waals surface area contributed by atoms with Gasteiger partial charge in [0.25, 0.3) is 0 Å². The van der Waals surface area contributed by atoms with E-state index in [0.29, 0.717) is 16.8 Å². The van der Waals surface area contributed by atoms with Gasteiger partial charge in [0.05, 0.1) is 22.5 Å². The number of nitrogens with zero attached hydrogens (tertiary/aromatic N) is 2. The molecule has 3 rings (SSSR count). The molecule has 6 heteroatoms. The third kappa shape index (κ3) is 4.64. The van der Waals surface area contributed by atoms with E-state index in [2.05, 4.69) is 20.6 Å². The quantitative estimate of drug-likeness (QED) is 0.583. The van der Waals surface area contributed by atoms with Gasteiger partial charge in [-0.15, -0.1) is 0 Å². The average molecular weight is 369 g/mol. The zero-order chi connectivity index (χ0) is 18.5. The molecule has 0 saturated carbocycles. The molecule has 1 heterocycles. The van der Waals surface area contributed by atoms with Crippen molar-refractivity contribution in [3.8, 4) is 5.75 Å². The zero-order valence-electron chi connectivity index (χ0n) is 15.0. The lowest BCUT2D eigenvalue weighted by atomic mass is 10.3. The van der Waals surface area contributed by atoms with Gasteiger partial charge in [0.15, 0.2) is 0 Å². The molecule has 0 amide bonds. The molecule has 26 heavy (non-hydrogen) atoms. The second-order valence-corrected chi connectivity index (χ2v) is 6.52. The molecule has 0 spiro atoms. The highest BCUT2D eigenvalue weighted by Gasteiger charge is 2.09. The molecule has 0 unspecified atom stereocenters. The van der Waals surface area contributed by atoms with E-state index in [9.17, 15) is 0 Å². The fraction of sp³-hybridized carbons (Fsp3) is 0.200. The lowest BCUT2D eigenvalue weighted by Crippen LogP contribution is -2.08. The Morgan fingerprint density at radius 2 is 1.62 bits per heavy atom. The number of halogens is 1. The predicted molar refractivity (Wildman–Crippen MR) is 107 cm³/mol. The van der Waals surface area contributed by atoms with Gasteiger partial charge >= 0.3 is 0 Å². The SMILES string of the molecule is Cc1cc(Nc2ccccc2OC(C)C)nc(Nc2ccccc2Cl)n1. The molecule has 2 N–H and O–H groups in total. The van der Waals surface area contributed by atoms with Gasteiger partial charge in [-0.3, -0.25) is 0 Å². The number of aryl methyl sites for hydroxylation is 1. The molecule has 0 aliphatic heterocycles. The first-order chi connectivity index (χ1) is 12.5. The first kappa shape index (κ1) is 18.0. The third-order valence-corrected chi connectivity index (χ3v) is 3.82. The lowest BCUT2D eigenvalue weighted by molar-refractivity contribution is 0.244. The topological polar surface area (TPSA) is 59.1 Å². The van der Waals surface area contributed by atoms with Crippen LogP contribution in [0.25, 0.3) is 0 Å². The second kappa shape index (κ2) is 8.06. The molecule has 134 valence electrons. The third-order valence-electron chi connectivity index (χ3n) is 3.49. The van der Waals surface area contributed by atoms with Gasteiger partial charge < -0.3 is 15.4 Å². The highest BCUT2D eigenvalue weighted by molar-refractivity contribution is 6.33. The maximum atomic E-state index is 6.20. The van der Waals surface area contributed by atoms with Crippen LogP contribution in [0.1, 0.15) is 19.5 Å². The molecule has 3 aromatic rings. The van der Waals surface area contributed by atoms with Crippen molar-refractivity contribution in [1.82, 2.24) is 9.97 Å². The molecular weight excluding hydrogens is 348 g/mol. The van der Waals surface area contributed by atoms with Crippen molar-refractivity contribution in [3.05, 3.63) is 65.3 Å². The Labute approximate surface area is 158 Å². The minimum atomic E-state index is 0.0857. The van der Waals surface area contributed by atoms with Crippen LogP contribution in [0.15, 0.2) is 54.6 Å². The molecule has 5 nitrogen and oxygen atoms in total. The van der Waals surface area contributed by atoms with Crippen molar-refractivity contribution in [2.45, 2.75) is 26.9 Å². The summed E-state index contributed by atoms with van der Waals surface area (Å²) in [6.07, 6.45) is 0.0857. The lowest BCUT2D eigenvalue weighted by Gasteiger charge is -2.16. The van der Waals surface area contributed by atoms with Crippen molar-refractivity contribution < 1.29 is 4.74 Å². The fourth-order valence-electron chi connectivity index (χ4n) is 2.44. The minimum Gasteiger partial charge on any atom is -0.489 e. The van der Waals surface area contributed by atoms with Gasteiger partial charge in [-0.1, -0.05) is 35.9 Å². The van der Waals surface area contributed by atoms with Crippen molar-refractivity contribution in [2.75, 3.05) is 10.6 Å². The van der Waals surface area contributed by atoms with Crippen LogP contribution in [-0.2, 0) is 0 Å². The van der Waals surface area contributed by atoms with E-state index in [1.807, 2.05) is 75.4 Å². The van der Waals surface area contributed by atoms with Crippen LogP contribution in [-0.4, -0.2) is 16.1 Å². The molecule has 2 aromatic carbocycles. The minimum absolute atomic E-state index is 0.0857. The Kier molecular flexibility index (Phi) is 5.58. The van der Waals surface area contributed by atoms with Gasteiger partial charge in [-0.05, 0) is 45.0 Å². The molecule has 1 aromatic heterocycles. The molecule has 0 bridgehead atoms. The van der Waals surface area contributed by atoms with Crippen LogP contribution >= 0.6 is 11.6 Å². The highest BCUT2D eigenvalue weighted by atomic mass is 35.5. The fourth-order valence-corrected chi connectivity index (χ4v) is 2.62. The van der Waals surface area contributed by atoms with Gasteiger partial charge in [0.1, 0.15) is 11.6 Å². The van der Waals surface area contributed by atoms with Gasteiger partial charge in [0, 0.05) is 11.8 Å². The number of ether oxygens (including phenoxy) is 1. The number of rotatable bonds is 6. The van der Waals surface area contributed by atoms with E-state index in [4.69, 9.17) is 16.3 Å². The van der Waals surface area contributed by atoms with E-state index in [-0.39, 0.29) is 6.10 Å². The van der Waals surface area contributed by atoms with E-state index >= 15 is 0 Å². The van der Waals surface area contributed by atoms with Crippen molar-refractivity contribution >= 4 is 34.7 Å². The smallest absolute Gasteiger partial charge is 0.229 e. The summed E-state index contributed by atoms with van der Waals surface area (Å²) in [5.41, 5.74) is 2.44. The van der Waals surface area contributed by atoms with Crippen LogP contribution < -0.4 is 15.4 Å². The van der Waals surface area contributed by atoms with Crippen molar-refractivity contribution in [2.24, 2.45) is 0 Å². The van der Waals surface area contributed by atoms with Gasteiger partial charge in [-0.25, -0.2) is 4.98 Å². The standard InChI is InChI=1S/C20H21ClN4O/c1-13(2)26-18-11-7-6-10-17(18)23-19-12-14(3)22-20(25-19)24-16-9-5-4-8-15(16)21/h4-13H,1-3H3,(H2,22,23,24,25). The number of nitrogens with one attached hydrogen (secondary N) is 2. The van der Waals surface area contributed by atoms with Gasteiger partial charge in [0.2, 0.25) is 5.95 Å². The van der Waals surface area contributed by atoms with Crippen LogP contribution in [0.5, 0.6) is 5.75 Å². The van der Waals surface area contributed by atoms with E-state index < -0.39 is 0 Å². The van der Waals surface area contributed by atoms with Crippen molar-refractivity contribution in [1.29, 1.82) is 0 Å². The molecular formula is C20H21ClN4O. The second-order valence-electron chi connectivity index (χ2n) is 6.11. The summed E-state index contributed by atoms with van der Waals surface area (Å²) in [5, 5.41) is 7.08. The van der Waals surface area contributed by atoms with Crippen LogP contribution in [0, 0.1) is 6.92 Å². The van der Waals surface area contributed by atoms with Crippen LogP contribution in [0.4, 0.5) is 23.1 Å². The predicted octanol–water partition coefficient (Wildman–Crippen LogP) is 5.71. The Morgan fingerprint density at radius 3 is 2.35 bits per heavy atom. The Bertz CT molecular complexity index is 898. The number of anilines is 4. The highest BCUT2D eigenvalue weighted by Crippen LogP contribution is 2.29. The maximum Gasteiger partial charge on any atom is 0.229 e. The van der Waals surface area contributed by atoms with E-state index in [1.54, 1.807) is 0 Å². The van der Waals surface area contributed by atoms with Crippen LogP contribution in [0.2, 0.25) is 5.02 Å². The summed E-state index contributed by atoms with van der Waals surface area (Å²) in [4.78, 5) is 8.97. The van der Waals surface area contributed by atoms with E-state index in [0.717, 1.165) is 22.8 Å². The first-order valence-corrected chi connectivity index (χ1v) is 8.79. The summed E-state index contributed by atoms with van der Waals surface area (Å²) >= 11 is 6.20. The summed E-state index contributed by atoms with van der Waals surface area (Å²) in [6.45, 7) is 5.91. The van der Waals surface area contributed by atoms with E-state index in [1.165, 1.54) is 0 Å². The molecule has 0 fully saturated rings. The molecule has 0 aliphatic rings.